The summed E-state index contributed by atoms with van der Waals surface area (Å²) in [4.78, 5) is 27.8. The Labute approximate surface area is 184 Å². The number of nitrogens with one attached hydrogen (secondary N) is 2. The number of hydrogen-bond donors (Lipinski definition) is 2. The van der Waals surface area contributed by atoms with Gasteiger partial charge in [-0.2, -0.15) is 10.1 Å². The SMILES string of the molecule is CCC(=O)c1ccc(Nc2cc(-c3ccc4cn[nH]c4c3)nc(N3CCOCC3)n2)cn1. The Balaban J connectivity index is 1.50. The summed E-state index contributed by atoms with van der Waals surface area (Å²) in [7, 11) is 0. The number of carbonyl (C=O) groups is 1. The van der Waals surface area contributed by atoms with Crippen molar-refractivity contribution in [2.75, 3.05) is 36.5 Å². The van der Waals surface area contributed by atoms with Crippen LogP contribution in [0, 0.1) is 0 Å². The smallest absolute Gasteiger partial charge is 0.228 e. The highest BCUT2D eigenvalue weighted by molar-refractivity contribution is 5.94. The number of nitrogens with zero attached hydrogens (tertiary/aromatic N) is 5. The fourth-order valence-electron chi connectivity index (χ4n) is 3.61. The van der Waals surface area contributed by atoms with Crippen molar-refractivity contribution < 1.29 is 9.53 Å². The zero-order valence-corrected chi connectivity index (χ0v) is 17.7. The Morgan fingerprint density at radius 2 is 2.00 bits per heavy atom. The maximum atomic E-state index is 11.9. The van der Waals surface area contributed by atoms with E-state index in [9.17, 15) is 4.79 Å². The number of aromatic amines is 1. The summed E-state index contributed by atoms with van der Waals surface area (Å²) in [6, 6.07) is 11.6. The number of morpholine rings is 1. The van der Waals surface area contributed by atoms with E-state index in [0.717, 1.165) is 40.9 Å². The Hall–Kier alpha value is -3.85. The van der Waals surface area contributed by atoms with Crippen LogP contribution in [0.1, 0.15) is 23.8 Å². The molecule has 0 bridgehead atoms. The Morgan fingerprint density at radius 1 is 1.12 bits per heavy atom. The molecule has 9 nitrogen and oxygen atoms in total. The fourth-order valence-corrected chi connectivity index (χ4v) is 3.61. The summed E-state index contributed by atoms with van der Waals surface area (Å²) in [5, 5.41) is 11.5. The van der Waals surface area contributed by atoms with Gasteiger partial charge < -0.3 is 15.0 Å². The van der Waals surface area contributed by atoms with Gasteiger partial charge >= 0.3 is 0 Å². The second-order valence-corrected chi connectivity index (χ2v) is 7.54. The van der Waals surface area contributed by atoms with Gasteiger partial charge in [-0.15, -0.1) is 0 Å². The third-order valence-corrected chi connectivity index (χ3v) is 5.39. The van der Waals surface area contributed by atoms with Gasteiger partial charge in [0.2, 0.25) is 5.95 Å². The predicted molar refractivity (Wildman–Crippen MR) is 122 cm³/mol. The van der Waals surface area contributed by atoms with Crippen LogP contribution in [-0.2, 0) is 4.74 Å². The molecule has 32 heavy (non-hydrogen) atoms. The number of Topliss-reactive ketones (excluding diaryl/α,β-unsaturated/α-hetero) is 1. The normalized spacial score (nSPS) is 14.0. The van der Waals surface area contributed by atoms with Crippen molar-refractivity contribution in [1.29, 1.82) is 0 Å². The summed E-state index contributed by atoms with van der Waals surface area (Å²) >= 11 is 0. The van der Waals surface area contributed by atoms with E-state index < -0.39 is 0 Å². The molecule has 162 valence electrons. The Kier molecular flexibility index (Phi) is 5.47. The highest BCUT2D eigenvalue weighted by Gasteiger charge is 2.17. The average molecular weight is 429 g/mol. The van der Waals surface area contributed by atoms with E-state index in [1.165, 1.54) is 0 Å². The van der Waals surface area contributed by atoms with Crippen LogP contribution < -0.4 is 10.2 Å². The minimum atomic E-state index is 0.0182. The molecule has 5 rings (SSSR count). The van der Waals surface area contributed by atoms with E-state index in [0.29, 0.717) is 37.1 Å². The molecular formula is C23H23N7O2. The van der Waals surface area contributed by atoms with E-state index in [2.05, 4.69) is 25.4 Å². The molecule has 4 aromatic rings. The average Bonchev–Trinajstić information content (AvgIpc) is 3.32. The van der Waals surface area contributed by atoms with E-state index in [4.69, 9.17) is 14.7 Å². The third-order valence-electron chi connectivity index (χ3n) is 5.39. The minimum Gasteiger partial charge on any atom is -0.378 e. The number of ether oxygens (including phenoxy) is 1. The number of hydrogen-bond acceptors (Lipinski definition) is 8. The molecule has 0 aliphatic carbocycles. The quantitative estimate of drug-likeness (QED) is 0.448. The molecule has 0 radical (unpaired) electrons. The fraction of sp³-hybridized carbons (Fsp3) is 0.261. The second-order valence-electron chi connectivity index (χ2n) is 7.54. The summed E-state index contributed by atoms with van der Waals surface area (Å²) in [6.07, 6.45) is 3.87. The van der Waals surface area contributed by atoms with Gasteiger partial charge in [-0.3, -0.25) is 14.9 Å². The lowest BCUT2D eigenvalue weighted by atomic mass is 10.1. The minimum absolute atomic E-state index is 0.0182. The molecule has 0 atom stereocenters. The first-order valence-electron chi connectivity index (χ1n) is 10.6. The van der Waals surface area contributed by atoms with Crippen LogP contribution in [0.5, 0.6) is 0 Å². The molecule has 0 unspecified atom stereocenters. The lowest BCUT2D eigenvalue weighted by molar-refractivity contribution is 0.0983. The maximum Gasteiger partial charge on any atom is 0.228 e. The van der Waals surface area contributed by atoms with E-state index in [-0.39, 0.29) is 5.78 Å². The van der Waals surface area contributed by atoms with Crippen molar-refractivity contribution in [3.05, 3.63) is 54.5 Å². The summed E-state index contributed by atoms with van der Waals surface area (Å²) in [5.41, 5.74) is 3.92. The van der Waals surface area contributed by atoms with Crippen LogP contribution in [0.15, 0.2) is 48.8 Å². The van der Waals surface area contributed by atoms with Crippen molar-refractivity contribution >= 4 is 34.1 Å². The highest BCUT2D eigenvalue weighted by Crippen LogP contribution is 2.27. The number of H-pyrrole nitrogens is 1. The Morgan fingerprint density at radius 3 is 2.78 bits per heavy atom. The van der Waals surface area contributed by atoms with Gasteiger partial charge in [0, 0.05) is 36.5 Å². The number of fused-ring (bicyclic) bond motifs is 1. The second kappa shape index (κ2) is 8.72. The van der Waals surface area contributed by atoms with Gasteiger partial charge in [-0.1, -0.05) is 19.1 Å². The maximum absolute atomic E-state index is 11.9. The van der Waals surface area contributed by atoms with Crippen LogP contribution in [0.25, 0.3) is 22.2 Å². The van der Waals surface area contributed by atoms with Gasteiger partial charge in [-0.05, 0) is 18.2 Å². The number of pyridine rings is 1. The number of aromatic nitrogens is 5. The lowest BCUT2D eigenvalue weighted by Gasteiger charge is -2.27. The number of benzene rings is 1. The monoisotopic (exact) mass is 429 g/mol. The summed E-state index contributed by atoms with van der Waals surface area (Å²) < 4.78 is 5.48. The molecule has 2 N–H and O–H groups in total. The van der Waals surface area contributed by atoms with E-state index in [1.807, 2.05) is 37.3 Å². The van der Waals surface area contributed by atoms with Gasteiger partial charge in [0.25, 0.3) is 0 Å². The molecule has 3 aromatic heterocycles. The molecule has 1 saturated heterocycles. The highest BCUT2D eigenvalue weighted by atomic mass is 16.5. The number of anilines is 3. The first-order chi connectivity index (χ1) is 15.7. The number of carbonyl (C=O) groups excluding carboxylic acids is 1. The first-order valence-corrected chi connectivity index (χ1v) is 10.6. The molecule has 4 heterocycles. The topological polar surface area (TPSA) is 109 Å². The van der Waals surface area contributed by atoms with Gasteiger partial charge in [0.1, 0.15) is 11.5 Å². The third kappa shape index (κ3) is 4.15. The van der Waals surface area contributed by atoms with Crippen molar-refractivity contribution in [1.82, 2.24) is 25.1 Å². The van der Waals surface area contributed by atoms with E-state index in [1.54, 1.807) is 18.5 Å². The van der Waals surface area contributed by atoms with E-state index >= 15 is 0 Å². The molecule has 0 amide bonds. The van der Waals surface area contributed by atoms with Crippen molar-refractivity contribution in [3.63, 3.8) is 0 Å². The largest absolute Gasteiger partial charge is 0.378 e. The summed E-state index contributed by atoms with van der Waals surface area (Å²) in [5.74, 6) is 1.31. The molecule has 1 fully saturated rings. The molecule has 1 aliphatic rings. The number of rotatable bonds is 6. The van der Waals surface area contributed by atoms with Crippen molar-refractivity contribution in [2.45, 2.75) is 13.3 Å². The zero-order chi connectivity index (χ0) is 21.9. The van der Waals surface area contributed by atoms with Crippen LogP contribution >= 0.6 is 0 Å². The number of ketones is 1. The predicted octanol–water partition coefficient (Wildman–Crippen LogP) is 3.59. The molecule has 0 spiro atoms. The van der Waals surface area contributed by atoms with Crippen LogP contribution in [0.3, 0.4) is 0 Å². The first kappa shape index (κ1) is 20.1. The van der Waals surface area contributed by atoms with Crippen LogP contribution in [0.4, 0.5) is 17.5 Å². The van der Waals surface area contributed by atoms with Crippen molar-refractivity contribution in [2.24, 2.45) is 0 Å². The summed E-state index contributed by atoms with van der Waals surface area (Å²) in [6.45, 7) is 4.59. The Bertz CT molecular complexity index is 1250. The lowest BCUT2D eigenvalue weighted by Crippen LogP contribution is -2.37. The van der Waals surface area contributed by atoms with Gasteiger partial charge in [-0.25, -0.2) is 4.98 Å². The molecular weight excluding hydrogens is 406 g/mol. The van der Waals surface area contributed by atoms with Crippen molar-refractivity contribution in [3.8, 4) is 11.3 Å². The zero-order valence-electron chi connectivity index (χ0n) is 17.7. The van der Waals surface area contributed by atoms with Crippen LogP contribution in [0.2, 0.25) is 0 Å². The molecule has 9 heteroatoms. The van der Waals surface area contributed by atoms with Gasteiger partial charge in [0.15, 0.2) is 5.78 Å². The molecule has 0 saturated carbocycles. The standard InChI is InChI=1S/C23H23N7O2/c1-2-21(31)18-6-5-17(14-24-18)26-22-12-19(15-3-4-16-13-25-29-20(16)11-15)27-23(28-22)30-7-9-32-10-8-30/h3-6,11-14H,2,7-10H2,1H3,(H,25,29)(H,26,27,28). The molecule has 1 aliphatic heterocycles. The van der Waals surface area contributed by atoms with Gasteiger partial charge in [0.05, 0.1) is 42.5 Å². The molecule has 1 aromatic carbocycles. The van der Waals surface area contributed by atoms with Crippen LogP contribution in [-0.4, -0.2) is 57.2 Å².